The summed E-state index contributed by atoms with van der Waals surface area (Å²) < 4.78 is 26.0. The molecule has 0 bridgehead atoms. The first-order valence-corrected chi connectivity index (χ1v) is 4.24. The van der Waals surface area contributed by atoms with Crippen LogP contribution >= 0.6 is 0 Å². The minimum atomic E-state index is -2.71. The van der Waals surface area contributed by atoms with Crippen molar-refractivity contribution in [3.05, 3.63) is 0 Å². The van der Waals surface area contributed by atoms with Gasteiger partial charge < -0.3 is 5.32 Å². The lowest BCUT2D eigenvalue weighted by molar-refractivity contribution is -0.0251. The second kappa shape index (κ2) is 5.90. The van der Waals surface area contributed by atoms with Gasteiger partial charge in [0.15, 0.2) is 0 Å². The molecule has 0 radical (unpaired) electrons. The van der Waals surface area contributed by atoms with Crippen molar-refractivity contribution in [2.75, 3.05) is 33.2 Å². The van der Waals surface area contributed by atoms with Crippen LogP contribution in [0.25, 0.3) is 0 Å². The van der Waals surface area contributed by atoms with Gasteiger partial charge in [-0.05, 0) is 13.6 Å². The predicted molar refractivity (Wildman–Crippen MR) is 49.8 cm³/mol. The third kappa shape index (κ3) is 5.56. The first kappa shape index (κ1) is 12.3. The van der Waals surface area contributed by atoms with E-state index in [-0.39, 0.29) is 19.6 Å². The molecule has 0 aromatic heterocycles. The maximum absolute atomic E-state index is 13.0. The molecule has 0 rings (SSSR count). The summed E-state index contributed by atoms with van der Waals surface area (Å²) in [6.07, 6.45) is 5.05. The minimum Gasteiger partial charge on any atom is -0.314 e. The van der Waals surface area contributed by atoms with Gasteiger partial charge in [0.1, 0.15) is 0 Å². The average molecular weight is 190 g/mol. The van der Waals surface area contributed by atoms with Crippen molar-refractivity contribution in [3.8, 4) is 12.3 Å². The lowest BCUT2D eigenvalue weighted by atomic mass is 10.3. The Kier molecular flexibility index (Phi) is 5.60. The van der Waals surface area contributed by atoms with Crippen LogP contribution in [0.4, 0.5) is 8.78 Å². The van der Waals surface area contributed by atoms with E-state index in [4.69, 9.17) is 6.42 Å². The van der Waals surface area contributed by atoms with Crippen LogP contribution in [0.2, 0.25) is 0 Å². The van der Waals surface area contributed by atoms with Crippen molar-refractivity contribution in [2.24, 2.45) is 0 Å². The van der Waals surface area contributed by atoms with Gasteiger partial charge in [-0.1, -0.05) is 12.8 Å². The Labute approximate surface area is 78.3 Å². The van der Waals surface area contributed by atoms with Crippen LogP contribution in [0, 0.1) is 12.3 Å². The number of nitrogens with zero attached hydrogens (tertiary/aromatic N) is 1. The Morgan fingerprint density at radius 3 is 2.54 bits per heavy atom. The second-order valence-corrected chi connectivity index (χ2v) is 2.89. The molecule has 76 valence electrons. The molecule has 0 aliphatic rings. The van der Waals surface area contributed by atoms with Gasteiger partial charge in [-0.15, -0.1) is 6.42 Å². The van der Waals surface area contributed by atoms with E-state index in [2.05, 4.69) is 11.2 Å². The predicted octanol–water partition coefficient (Wildman–Crippen LogP) is 0.796. The van der Waals surface area contributed by atoms with Gasteiger partial charge in [-0.2, -0.15) is 0 Å². The van der Waals surface area contributed by atoms with E-state index in [0.717, 1.165) is 0 Å². The fourth-order valence-corrected chi connectivity index (χ4v) is 1.05. The molecule has 0 atom stereocenters. The molecular weight excluding hydrogens is 174 g/mol. The maximum atomic E-state index is 13.0. The Morgan fingerprint density at radius 1 is 1.54 bits per heavy atom. The highest BCUT2D eigenvalue weighted by Gasteiger charge is 2.29. The zero-order valence-electron chi connectivity index (χ0n) is 8.11. The first-order valence-electron chi connectivity index (χ1n) is 4.24. The molecule has 0 saturated carbocycles. The third-order valence-corrected chi connectivity index (χ3v) is 1.65. The molecule has 0 aliphatic carbocycles. The number of alkyl halides is 2. The number of terminal acetylenes is 1. The molecule has 0 aromatic carbocycles. The van der Waals surface area contributed by atoms with Gasteiger partial charge in [-0.25, -0.2) is 8.78 Å². The van der Waals surface area contributed by atoms with Crippen LogP contribution < -0.4 is 5.32 Å². The van der Waals surface area contributed by atoms with E-state index in [9.17, 15) is 8.78 Å². The van der Waals surface area contributed by atoms with Crippen molar-refractivity contribution in [1.82, 2.24) is 10.2 Å². The van der Waals surface area contributed by atoms with Crippen molar-refractivity contribution in [2.45, 2.75) is 12.8 Å². The van der Waals surface area contributed by atoms with Gasteiger partial charge in [0.25, 0.3) is 5.92 Å². The molecule has 13 heavy (non-hydrogen) atoms. The highest BCUT2D eigenvalue weighted by atomic mass is 19.3. The zero-order valence-corrected chi connectivity index (χ0v) is 8.11. The van der Waals surface area contributed by atoms with Crippen LogP contribution in [0.5, 0.6) is 0 Å². The summed E-state index contributed by atoms with van der Waals surface area (Å²) in [6, 6.07) is 0. The number of hydrogen-bond donors (Lipinski definition) is 1. The maximum Gasteiger partial charge on any atom is 0.272 e. The lowest BCUT2D eigenvalue weighted by Gasteiger charge is -2.24. The number of halogens is 2. The van der Waals surface area contributed by atoms with Crippen LogP contribution in [-0.2, 0) is 0 Å². The normalized spacial score (nSPS) is 11.7. The fourth-order valence-electron chi connectivity index (χ4n) is 1.05. The number of rotatable bonds is 6. The number of nitrogens with one attached hydrogen (secondary N) is 1. The molecule has 0 fully saturated rings. The number of hydrogen-bond acceptors (Lipinski definition) is 2. The first-order chi connectivity index (χ1) is 6.05. The monoisotopic (exact) mass is 190 g/mol. The Balaban J connectivity index is 3.98. The van der Waals surface area contributed by atoms with E-state index in [0.29, 0.717) is 6.54 Å². The molecule has 1 N–H and O–H groups in total. The van der Waals surface area contributed by atoms with Crippen molar-refractivity contribution in [1.29, 1.82) is 0 Å². The van der Waals surface area contributed by atoms with E-state index in [1.54, 1.807) is 0 Å². The smallest absolute Gasteiger partial charge is 0.272 e. The summed E-state index contributed by atoms with van der Waals surface area (Å²) in [5.74, 6) is -0.351. The summed E-state index contributed by atoms with van der Waals surface area (Å²) in [6.45, 7) is 2.04. The highest BCUT2D eigenvalue weighted by molar-refractivity contribution is 4.89. The molecule has 0 spiro atoms. The van der Waals surface area contributed by atoms with E-state index in [1.807, 2.05) is 6.92 Å². The van der Waals surface area contributed by atoms with Crippen LogP contribution in [0.1, 0.15) is 6.92 Å². The van der Waals surface area contributed by atoms with Crippen molar-refractivity contribution in [3.63, 3.8) is 0 Å². The lowest BCUT2D eigenvalue weighted by Crippen LogP contribution is -2.42. The molecule has 0 aromatic rings. The van der Waals surface area contributed by atoms with Gasteiger partial charge in [0.2, 0.25) is 0 Å². The summed E-state index contributed by atoms with van der Waals surface area (Å²) in [5, 5.41) is 2.45. The summed E-state index contributed by atoms with van der Waals surface area (Å²) >= 11 is 0. The standard InChI is InChI=1S/C9H16F2N2/c1-4-6-13(5-2)8-9(10,11)7-12-3/h1,12H,5-8H2,2-3H3. The molecular formula is C9H16F2N2. The van der Waals surface area contributed by atoms with Crippen molar-refractivity contribution >= 4 is 0 Å². The average Bonchev–Trinajstić information content (AvgIpc) is 2.03. The summed E-state index contributed by atoms with van der Waals surface area (Å²) in [5.41, 5.74) is 0. The van der Waals surface area contributed by atoms with Gasteiger partial charge >= 0.3 is 0 Å². The third-order valence-electron chi connectivity index (χ3n) is 1.65. The van der Waals surface area contributed by atoms with E-state index in [1.165, 1.54) is 11.9 Å². The molecule has 0 unspecified atom stereocenters. The molecule has 0 aliphatic heterocycles. The van der Waals surface area contributed by atoms with Crippen LogP contribution in [0.3, 0.4) is 0 Å². The Hall–Kier alpha value is -0.660. The minimum absolute atomic E-state index is 0.274. The largest absolute Gasteiger partial charge is 0.314 e. The second-order valence-electron chi connectivity index (χ2n) is 2.89. The highest BCUT2D eigenvalue weighted by Crippen LogP contribution is 2.13. The topological polar surface area (TPSA) is 15.3 Å². The van der Waals surface area contributed by atoms with E-state index < -0.39 is 5.92 Å². The van der Waals surface area contributed by atoms with Crippen molar-refractivity contribution < 1.29 is 8.78 Å². The Morgan fingerprint density at radius 2 is 2.15 bits per heavy atom. The molecule has 4 heteroatoms. The summed E-state index contributed by atoms with van der Waals surface area (Å²) in [4.78, 5) is 1.54. The SMILES string of the molecule is C#CCN(CC)CC(F)(F)CNC. The zero-order chi connectivity index (χ0) is 10.3. The quantitative estimate of drug-likeness (QED) is 0.623. The molecule has 0 heterocycles. The van der Waals surface area contributed by atoms with Crippen LogP contribution in [-0.4, -0.2) is 44.0 Å². The van der Waals surface area contributed by atoms with E-state index >= 15 is 0 Å². The van der Waals surface area contributed by atoms with Crippen LogP contribution in [0.15, 0.2) is 0 Å². The fraction of sp³-hybridized carbons (Fsp3) is 0.778. The molecule has 2 nitrogen and oxygen atoms in total. The van der Waals surface area contributed by atoms with Gasteiger partial charge in [-0.3, -0.25) is 4.90 Å². The van der Waals surface area contributed by atoms with Gasteiger partial charge in [0, 0.05) is 0 Å². The molecule has 0 saturated heterocycles. The van der Waals surface area contributed by atoms with Gasteiger partial charge in [0.05, 0.1) is 19.6 Å². The summed E-state index contributed by atoms with van der Waals surface area (Å²) in [7, 11) is 1.51. The Bertz CT molecular complexity index is 175. The molecule has 0 amide bonds.